The Balaban J connectivity index is 1.36. The van der Waals surface area contributed by atoms with Crippen molar-refractivity contribution in [3.05, 3.63) is 59.7 Å². The highest BCUT2D eigenvalue weighted by atomic mass is 19.1. The largest absolute Gasteiger partial charge is 0.441 e. The molecule has 0 radical (unpaired) electrons. The van der Waals surface area contributed by atoms with Crippen LogP contribution in [0.2, 0.25) is 0 Å². The van der Waals surface area contributed by atoms with E-state index in [1.165, 1.54) is 11.0 Å². The van der Waals surface area contributed by atoms with Gasteiger partial charge in [0.2, 0.25) is 0 Å². The molecular weight excluding hydrogens is 395 g/mol. The molecule has 3 aromatic rings. The van der Waals surface area contributed by atoms with Crippen LogP contribution in [-0.4, -0.2) is 27.8 Å². The summed E-state index contributed by atoms with van der Waals surface area (Å²) in [7, 11) is 0. The quantitative estimate of drug-likeness (QED) is 0.604. The number of rotatable bonds is 3. The Labute approximate surface area is 179 Å². The van der Waals surface area contributed by atoms with Crippen molar-refractivity contribution in [1.82, 2.24) is 9.55 Å². The van der Waals surface area contributed by atoms with Gasteiger partial charge < -0.3 is 9.30 Å². The van der Waals surface area contributed by atoms with Gasteiger partial charge in [-0.15, -0.1) is 0 Å². The summed E-state index contributed by atoms with van der Waals surface area (Å²) in [5, 5.41) is 9.21. The Morgan fingerprint density at radius 2 is 2.19 bits per heavy atom. The van der Waals surface area contributed by atoms with E-state index in [0.717, 1.165) is 48.8 Å². The predicted octanol–water partition coefficient (Wildman–Crippen LogP) is 4.94. The first-order valence-electron chi connectivity index (χ1n) is 10.6. The standard InChI is InChI=1S/C24H23FN4O2/c1-16-4-7-21(19(25)9-16)29-14-24(31-23(29)30)8-2-3-18(11-24)13-28-15-27-20-6-5-17(12-26)10-22(20)28/h4-7,9-10,15,18H,2-3,8,11,13-14H2,1H3. The van der Waals surface area contributed by atoms with Crippen molar-refractivity contribution >= 4 is 22.8 Å². The Morgan fingerprint density at radius 3 is 3.00 bits per heavy atom. The lowest BCUT2D eigenvalue weighted by atomic mass is 9.78. The Kier molecular flexibility index (Phi) is 4.66. The molecule has 2 unspecified atom stereocenters. The minimum atomic E-state index is -0.592. The zero-order valence-electron chi connectivity index (χ0n) is 17.3. The maximum absolute atomic E-state index is 14.5. The van der Waals surface area contributed by atoms with Crippen LogP contribution in [0.3, 0.4) is 0 Å². The van der Waals surface area contributed by atoms with E-state index in [2.05, 4.69) is 15.6 Å². The topological polar surface area (TPSA) is 71.2 Å². The third-order valence-electron chi connectivity index (χ3n) is 6.47. The fraction of sp³-hybridized carbons (Fsp3) is 0.375. The first kappa shape index (κ1) is 19.6. The number of imidazole rings is 1. The summed E-state index contributed by atoms with van der Waals surface area (Å²) in [6.45, 7) is 2.93. The molecule has 1 saturated carbocycles. The van der Waals surface area contributed by atoms with Gasteiger partial charge in [-0.2, -0.15) is 5.26 Å². The average molecular weight is 418 g/mol. The third-order valence-corrected chi connectivity index (χ3v) is 6.47. The summed E-state index contributed by atoms with van der Waals surface area (Å²) in [5.74, 6) is -0.105. The van der Waals surface area contributed by atoms with Crippen molar-refractivity contribution in [2.75, 3.05) is 11.4 Å². The number of aromatic nitrogens is 2. The lowest BCUT2D eigenvalue weighted by molar-refractivity contribution is 0.00439. The number of halogens is 1. The van der Waals surface area contributed by atoms with Crippen molar-refractivity contribution < 1.29 is 13.9 Å². The lowest BCUT2D eigenvalue weighted by Crippen LogP contribution is -2.40. The molecule has 2 heterocycles. The highest BCUT2D eigenvalue weighted by Gasteiger charge is 2.48. The van der Waals surface area contributed by atoms with Crippen LogP contribution in [0.25, 0.3) is 11.0 Å². The molecule has 5 rings (SSSR count). The highest BCUT2D eigenvalue weighted by Crippen LogP contribution is 2.42. The normalized spacial score (nSPS) is 23.3. The molecule has 0 N–H and O–H groups in total. The van der Waals surface area contributed by atoms with Crippen molar-refractivity contribution in [3.63, 3.8) is 0 Å². The molecule has 1 amide bonds. The molecule has 7 heteroatoms. The second-order valence-corrected chi connectivity index (χ2v) is 8.77. The second kappa shape index (κ2) is 7.38. The summed E-state index contributed by atoms with van der Waals surface area (Å²) >= 11 is 0. The van der Waals surface area contributed by atoms with E-state index in [0.29, 0.717) is 18.0 Å². The molecule has 2 fully saturated rings. The minimum absolute atomic E-state index is 0.277. The molecule has 158 valence electrons. The highest BCUT2D eigenvalue weighted by molar-refractivity contribution is 5.90. The van der Waals surface area contributed by atoms with Gasteiger partial charge in [-0.3, -0.25) is 4.90 Å². The number of nitrogens with zero attached hydrogens (tertiary/aromatic N) is 4. The predicted molar refractivity (Wildman–Crippen MR) is 114 cm³/mol. The van der Waals surface area contributed by atoms with Crippen LogP contribution >= 0.6 is 0 Å². The number of benzene rings is 2. The van der Waals surface area contributed by atoms with E-state index in [1.807, 2.05) is 25.4 Å². The minimum Gasteiger partial charge on any atom is -0.441 e. The average Bonchev–Trinajstić information content (AvgIpc) is 3.28. The first-order valence-corrected chi connectivity index (χ1v) is 10.6. The molecule has 31 heavy (non-hydrogen) atoms. The van der Waals surface area contributed by atoms with Crippen LogP contribution in [0, 0.1) is 30.0 Å². The van der Waals surface area contributed by atoms with Gasteiger partial charge in [-0.1, -0.05) is 6.07 Å². The van der Waals surface area contributed by atoms with Gasteiger partial charge in [0, 0.05) is 6.54 Å². The van der Waals surface area contributed by atoms with E-state index in [9.17, 15) is 14.4 Å². The molecule has 6 nitrogen and oxygen atoms in total. The summed E-state index contributed by atoms with van der Waals surface area (Å²) in [4.78, 5) is 18.5. The fourth-order valence-corrected chi connectivity index (χ4v) is 5.02. The van der Waals surface area contributed by atoms with Gasteiger partial charge in [-0.05, 0) is 74.4 Å². The molecule has 2 atom stereocenters. The van der Waals surface area contributed by atoms with Gasteiger partial charge in [0.05, 0.1) is 41.2 Å². The van der Waals surface area contributed by atoms with Gasteiger partial charge in [-0.25, -0.2) is 14.2 Å². The van der Waals surface area contributed by atoms with Crippen molar-refractivity contribution in [3.8, 4) is 6.07 Å². The Hall–Kier alpha value is -3.40. The Morgan fingerprint density at radius 1 is 1.32 bits per heavy atom. The van der Waals surface area contributed by atoms with E-state index in [-0.39, 0.29) is 5.69 Å². The summed E-state index contributed by atoms with van der Waals surface area (Å²) in [6.07, 6.45) is 4.80. The summed E-state index contributed by atoms with van der Waals surface area (Å²) in [6, 6.07) is 12.6. The van der Waals surface area contributed by atoms with Crippen molar-refractivity contribution in [2.45, 2.75) is 44.8 Å². The maximum Gasteiger partial charge on any atom is 0.415 e. The number of anilines is 1. The molecular formula is C24H23FN4O2. The van der Waals surface area contributed by atoms with Gasteiger partial charge in [0.1, 0.15) is 11.4 Å². The number of hydrogen-bond acceptors (Lipinski definition) is 4. The number of nitriles is 1. The number of aryl methyl sites for hydroxylation is 1. The molecule has 1 aliphatic heterocycles. The molecule has 1 saturated heterocycles. The van der Waals surface area contributed by atoms with Crippen molar-refractivity contribution in [2.24, 2.45) is 5.92 Å². The van der Waals surface area contributed by atoms with Gasteiger partial charge >= 0.3 is 6.09 Å². The first-order chi connectivity index (χ1) is 15.0. The number of carbonyl (C=O) groups excluding carboxylic acids is 1. The zero-order valence-corrected chi connectivity index (χ0v) is 17.3. The lowest BCUT2D eigenvalue weighted by Gasteiger charge is -2.36. The molecule has 1 aromatic heterocycles. The fourth-order valence-electron chi connectivity index (χ4n) is 5.02. The smallest absolute Gasteiger partial charge is 0.415 e. The molecule has 1 aliphatic carbocycles. The van der Waals surface area contributed by atoms with Crippen LogP contribution in [-0.2, 0) is 11.3 Å². The number of ether oxygens (including phenoxy) is 1. The number of carbonyl (C=O) groups is 1. The molecule has 1 spiro atoms. The number of amides is 1. The van der Waals surface area contributed by atoms with E-state index >= 15 is 0 Å². The molecule has 0 bridgehead atoms. The zero-order chi connectivity index (χ0) is 21.6. The summed E-state index contributed by atoms with van der Waals surface area (Å²) in [5.41, 5.74) is 2.90. The van der Waals surface area contributed by atoms with Crippen LogP contribution in [0.1, 0.15) is 36.8 Å². The Bertz CT molecular complexity index is 1210. The van der Waals surface area contributed by atoms with Crippen LogP contribution in [0.5, 0.6) is 0 Å². The third kappa shape index (κ3) is 3.52. The van der Waals surface area contributed by atoms with Gasteiger partial charge in [0.25, 0.3) is 0 Å². The van der Waals surface area contributed by atoms with Crippen LogP contribution in [0.4, 0.5) is 14.9 Å². The van der Waals surface area contributed by atoms with Crippen molar-refractivity contribution in [1.29, 1.82) is 5.26 Å². The SMILES string of the molecule is Cc1ccc(N2CC3(CCCC(Cn4cnc5ccc(C#N)cc54)C3)OC2=O)c(F)c1. The maximum atomic E-state index is 14.5. The molecule has 2 aliphatic rings. The molecule has 2 aromatic carbocycles. The van der Waals surface area contributed by atoms with Crippen LogP contribution in [0.15, 0.2) is 42.7 Å². The summed E-state index contributed by atoms with van der Waals surface area (Å²) < 4.78 is 22.4. The number of fused-ring (bicyclic) bond motifs is 1. The van der Waals surface area contributed by atoms with E-state index in [1.54, 1.807) is 18.2 Å². The monoisotopic (exact) mass is 418 g/mol. The van der Waals surface area contributed by atoms with E-state index in [4.69, 9.17) is 4.74 Å². The van der Waals surface area contributed by atoms with E-state index < -0.39 is 17.5 Å². The second-order valence-electron chi connectivity index (χ2n) is 8.77. The van der Waals surface area contributed by atoms with Crippen LogP contribution < -0.4 is 4.90 Å². The number of hydrogen-bond donors (Lipinski definition) is 0. The van der Waals surface area contributed by atoms with Gasteiger partial charge in [0.15, 0.2) is 0 Å².